The van der Waals surface area contributed by atoms with Crippen LogP contribution >= 0.6 is 0 Å². The van der Waals surface area contributed by atoms with Gasteiger partial charge in [-0.15, -0.1) is 0 Å². The highest BCUT2D eigenvalue weighted by molar-refractivity contribution is 5.92. The first-order chi connectivity index (χ1) is 9.25. The van der Waals surface area contributed by atoms with Crippen molar-refractivity contribution in [3.8, 4) is 0 Å². The third-order valence-corrected chi connectivity index (χ3v) is 3.61. The van der Waals surface area contributed by atoms with E-state index >= 15 is 0 Å². The number of fused-ring (bicyclic) bond motifs is 1. The van der Waals surface area contributed by atoms with Gasteiger partial charge >= 0.3 is 5.97 Å². The van der Waals surface area contributed by atoms with Gasteiger partial charge in [0.15, 0.2) is 0 Å². The van der Waals surface area contributed by atoms with E-state index in [0.29, 0.717) is 0 Å². The van der Waals surface area contributed by atoms with Crippen molar-refractivity contribution in [2.45, 2.75) is 12.3 Å². The zero-order valence-corrected chi connectivity index (χ0v) is 10.4. The van der Waals surface area contributed by atoms with Gasteiger partial charge in [-0.1, -0.05) is 54.6 Å². The minimum atomic E-state index is -0.876. The molecule has 2 heteroatoms. The summed E-state index contributed by atoms with van der Waals surface area (Å²) in [5, 5.41) is 8.98. The summed E-state index contributed by atoms with van der Waals surface area (Å²) in [5.41, 5.74) is 4.45. The lowest BCUT2D eigenvalue weighted by molar-refractivity contribution is -0.131. The van der Waals surface area contributed by atoms with Crippen LogP contribution in [0.25, 0.3) is 5.57 Å². The van der Waals surface area contributed by atoms with Crippen molar-refractivity contribution < 1.29 is 9.90 Å². The average Bonchev–Trinajstić information content (AvgIpc) is 2.78. The molecule has 2 aromatic rings. The second kappa shape index (κ2) is 4.73. The predicted molar refractivity (Wildman–Crippen MR) is 75.0 cm³/mol. The SMILES string of the molecule is O=C(O)/C=C1\CC(c2ccccc2)c2ccccc21. The number of hydrogen-bond acceptors (Lipinski definition) is 1. The first-order valence-electron chi connectivity index (χ1n) is 6.33. The van der Waals surface area contributed by atoms with Gasteiger partial charge in [-0.2, -0.15) is 0 Å². The molecule has 0 fully saturated rings. The maximum atomic E-state index is 10.9. The van der Waals surface area contributed by atoms with E-state index in [9.17, 15) is 4.79 Å². The Balaban J connectivity index is 2.09. The van der Waals surface area contributed by atoms with Crippen molar-refractivity contribution in [3.05, 3.63) is 77.4 Å². The number of carboxylic acid groups (broad SMARTS) is 1. The van der Waals surface area contributed by atoms with E-state index in [4.69, 9.17) is 5.11 Å². The lowest BCUT2D eigenvalue weighted by Gasteiger charge is -2.11. The summed E-state index contributed by atoms with van der Waals surface area (Å²) in [6.07, 6.45) is 2.09. The van der Waals surface area contributed by atoms with Gasteiger partial charge in [0, 0.05) is 12.0 Å². The van der Waals surface area contributed by atoms with Crippen LogP contribution in [-0.4, -0.2) is 11.1 Å². The number of carbonyl (C=O) groups is 1. The highest BCUT2D eigenvalue weighted by Crippen LogP contribution is 2.44. The van der Waals surface area contributed by atoms with Gasteiger partial charge in [0.05, 0.1) is 0 Å². The lowest BCUT2D eigenvalue weighted by Crippen LogP contribution is -1.95. The van der Waals surface area contributed by atoms with Crippen LogP contribution in [0.4, 0.5) is 0 Å². The van der Waals surface area contributed by atoms with Crippen molar-refractivity contribution in [2.24, 2.45) is 0 Å². The highest BCUT2D eigenvalue weighted by Gasteiger charge is 2.27. The minimum Gasteiger partial charge on any atom is -0.478 e. The van der Waals surface area contributed by atoms with Gasteiger partial charge in [-0.3, -0.25) is 0 Å². The topological polar surface area (TPSA) is 37.3 Å². The van der Waals surface area contributed by atoms with E-state index in [1.165, 1.54) is 17.2 Å². The Morgan fingerprint density at radius 3 is 2.47 bits per heavy atom. The fourth-order valence-electron chi connectivity index (χ4n) is 2.80. The second-order valence-electron chi connectivity index (χ2n) is 4.76. The van der Waals surface area contributed by atoms with Gasteiger partial charge in [0.25, 0.3) is 0 Å². The van der Waals surface area contributed by atoms with E-state index < -0.39 is 5.97 Å². The smallest absolute Gasteiger partial charge is 0.328 e. The van der Waals surface area contributed by atoms with E-state index in [0.717, 1.165) is 17.6 Å². The van der Waals surface area contributed by atoms with Crippen molar-refractivity contribution in [2.75, 3.05) is 0 Å². The summed E-state index contributed by atoms with van der Waals surface area (Å²) in [6, 6.07) is 18.3. The molecule has 0 saturated heterocycles. The molecule has 94 valence electrons. The molecule has 0 amide bonds. The van der Waals surface area contributed by atoms with E-state index in [2.05, 4.69) is 18.2 Å². The number of aliphatic carboxylic acids is 1. The Kier molecular flexibility index (Phi) is 2.92. The molecule has 3 rings (SSSR count). The molecule has 0 aromatic heterocycles. The van der Waals surface area contributed by atoms with Crippen LogP contribution in [0.1, 0.15) is 29.0 Å². The molecular weight excluding hydrogens is 236 g/mol. The van der Waals surface area contributed by atoms with Gasteiger partial charge in [-0.05, 0) is 28.7 Å². The zero-order chi connectivity index (χ0) is 13.2. The standard InChI is InChI=1S/C17H14O2/c18-17(19)11-13-10-16(12-6-2-1-3-7-12)15-9-5-4-8-14(13)15/h1-9,11,16H,10H2,(H,18,19)/b13-11+. The normalized spacial score (nSPS) is 19.4. The minimum absolute atomic E-state index is 0.267. The number of carboxylic acids is 1. The first kappa shape index (κ1) is 11.7. The van der Waals surface area contributed by atoms with Crippen molar-refractivity contribution in [1.29, 1.82) is 0 Å². The predicted octanol–water partition coefficient (Wildman–Crippen LogP) is 3.69. The molecule has 1 N–H and O–H groups in total. The molecule has 1 unspecified atom stereocenters. The van der Waals surface area contributed by atoms with Crippen LogP contribution in [0.2, 0.25) is 0 Å². The molecule has 1 aliphatic carbocycles. The molecule has 0 radical (unpaired) electrons. The highest BCUT2D eigenvalue weighted by atomic mass is 16.4. The Bertz CT molecular complexity index is 641. The summed E-state index contributed by atoms with van der Waals surface area (Å²) in [6.45, 7) is 0. The van der Waals surface area contributed by atoms with Crippen LogP contribution in [0, 0.1) is 0 Å². The molecule has 0 heterocycles. The number of rotatable bonds is 2. The Labute approximate surface area is 112 Å². The zero-order valence-electron chi connectivity index (χ0n) is 10.4. The average molecular weight is 250 g/mol. The largest absolute Gasteiger partial charge is 0.478 e. The van der Waals surface area contributed by atoms with Crippen LogP contribution in [-0.2, 0) is 4.79 Å². The summed E-state index contributed by atoms with van der Waals surface area (Å²) in [4.78, 5) is 10.9. The number of hydrogen-bond donors (Lipinski definition) is 1. The van der Waals surface area contributed by atoms with E-state index in [1.54, 1.807) is 0 Å². The maximum Gasteiger partial charge on any atom is 0.328 e. The maximum absolute atomic E-state index is 10.9. The molecule has 0 aliphatic heterocycles. The third kappa shape index (κ3) is 2.17. The summed E-state index contributed by atoms with van der Waals surface area (Å²) in [7, 11) is 0. The molecular formula is C17H14O2. The number of benzene rings is 2. The monoisotopic (exact) mass is 250 g/mol. The fraction of sp³-hybridized carbons (Fsp3) is 0.118. The Hall–Kier alpha value is -2.35. The third-order valence-electron chi connectivity index (χ3n) is 3.61. The van der Waals surface area contributed by atoms with Gasteiger partial charge in [0.1, 0.15) is 0 Å². The van der Waals surface area contributed by atoms with Gasteiger partial charge in [-0.25, -0.2) is 4.79 Å². The molecule has 1 atom stereocenters. The molecule has 0 bridgehead atoms. The summed E-state index contributed by atoms with van der Waals surface area (Å²) < 4.78 is 0. The van der Waals surface area contributed by atoms with Crippen LogP contribution in [0.5, 0.6) is 0 Å². The molecule has 2 aromatic carbocycles. The molecule has 0 spiro atoms. The summed E-state index contributed by atoms with van der Waals surface area (Å²) in [5.74, 6) is -0.610. The van der Waals surface area contributed by atoms with Crippen LogP contribution in [0.3, 0.4) is 0 Å². The first-order valence-corrected chi connectivity index (χ1v) is 6.33. The Morgan fingerprint density at radius 2 is 1.74 bits per heavy atom. The fourth-order valence-corrected chi connectivity index (χ4v) is 2.80. The summed E-state index contributed by atoms with van der Waals surface area (Å²) >= 11 is 0. The second-order valence-corrected chi connectivity index (χ2v) is 4.76. The van der Waals surface area contributed by atoms with Crippen molar-refractivity contribution in [1.82, 2.24) is 0 Å². The van der Waals surface area contributed by atoms with Crippen LogP contribution in [0.15, 0.2) is 60.7 Å². The molecule has 2 nitrogen and oxygen atoms in total. The van der Waals surface area contributed by atoms with E-state index in [-0.39, 0.29) is 5.92 Å². The number of allylic oxidation sites excluding steroid dienone is 1. The van der Waals surface area contributed by atoms with Gasteiger partial charge < -0.3 is 5.11 Å². The molecule has 1 aliphatic rings. The molecule has 19 heavy (non-hydrogen) atoms. The van der Waals surface area contributed by atoms with Crippen LogP contribution < -0.4 is 0 Å². The lowest BCUT2D eigenvalue weighted by atomic mass is 9.93. The van der Waals surface area contributed by atoms with Crippen molar-refractivity contribution in [3.63, 3.8) is 0 Å². The van der Waals surface area contributed by atoms with Crippen molar-refractivity contribution >= 4 is 11.5 Å². The van der Waals surface area contributed by atoms with E-state index in [1.807, 2.05) is 36.4 Å². The van der Waals surface area contributed by atoms with Gasteiger partial charge in [0.2, 0.25) is 0 Å². The quantitative estimate of drug-likeness (QED) is 0.825. The molecule has 0 saturated carbocycles. The Morgan fingerprint density at radius 1 is 1.05 bits per heavy atom.